The van der Waals surface area contributed by atoms with Crippen LogP contribution in [0.3, 0.4) is 0 Å². The van der Waals surface area contributed by atoms with Crippen LogP contribution in [0.5, 0.6) is 0 Å². The number of nitrogens with one attached hydrogen (secondary N) is 1. The Labute approximate surface area is 136 Å². The molecule has 0 atom stereocenters. The van der Waals surface area contributed by atoms with Crippen molar-refractivity contribution in [3.63, 3.8) is 0 Å². The van der Waals surface area contributed by atoms with Crippen molar-refractivity contribution < 1.29 is 23.5 Å². The summed E-state index contributed by atoms with van der Waals surface area (Å²) in [6.45, 7) is 3.95. The van der Waals surface area contributed by atoms with E-state index in [0.29, 0.717) is 22.2 Å². The van der Waals surface area contributed by atoms with Crippen LogP contribution in [0.1, 0.15) is 34.9 Å². The number of aromatic nitrogens is 3. The third-order valence-electron chi connectivity index (χ3n) is 3.28. The molecule has 0 amide bonds. The molecule has 0 unspecified atom stereocenters. The van der Waals surface area contributed by atoms with Crippen LogP contribution in [0.25, 0.3) is 22.2 Å². The minimum absolute atomic E-state index is 0.102. The van der Waals surface area contributed by atoms with Gasteiger partial charge in [-0.3, -0.25) is 0 Å². The quantitative estimate of drug-likeness (QED) is 0.717. The first kappa shape index (κ1) is 15.7. The van der Waals surface area contributed by atoms with Gasteiger partial charge in [0.15, 0.2) is 5.69 Å². The van der Waals surface area contributed by atoms with E-state index in [1.54, 1.807) is 38.1 Å². The molecule has 1 N–H and O–H groups in total. The predicted molar refractivity (Wildman–Crippen MR) is 83.5 cm³/mol. The molecular weight excluding hydrogens is 314 g/mol. The summed E-state index contributed by atoms with van der Waals surface area (Å²) in [4.78, 5) is 23.6. The van der Waals surface area contributed by atoms with Gasteiger partial charge in [-0.25, -0.2) is 9.59 Å². The number of carbonyl (C=O) groups excluding carboxylic acids is 2. The van der Waals surface area contributed by atoms with E-state index < -0.39 is 11.9 Å². The molecule has 3 rings (SSSR count). The van der Waals surface area contributed by atoms with Gasteiger partial charge >= 0.3 is 11.9 Å². The van der Waals surface area contributed by atoms with E-state index in [9.17, 15) is 9.59 Å². The summed E-state index contributed by atoms with van der Waals surface area (Å²) in [5.74, 6) is -0.959. The average molecular weight is 329 g/mol. The van der Waals surface area contributed by atoms with Gasteiger partial charge in [0.2, 0.25) is 5.76 Å². The Kier molecular flexibility index (Phi) is 4.28. The molecule has 0 spiro atoms. The van der Waals surface area contributed by atoms with Crippen LogP contribution >= 0.6 is 0 Å². The van der Waals surface area contributed by atoms with Crippen LogP contribution < -0.4 is 0 Å². The third-order valence-corrected chi connectivity index (χ3v) is 3.28. The molecule has 0 saturated carbocycles. The zero-order valence-corrected chi connectivity index (χ0v) is 13.2. The van der Waals surface area contributed by atoms with Crippen LogP contribution in [0, 0.1) is 0 Å². The molecule has 8 nitrogen and oxygen atoms in total. The smallest absolute Gasteiger partial charge is 0.374 e. The molecule has 0 aliphatic rings. The van der Waals surface area contributed by atoms with Gasteiger partial charge in [-0.1, -0.05) is 0 Å². The maximum atomic E-state index is 11.9. The van der Waals surface area contributed by atoms with Crippen molar-refractivity contribution in [1.29, 1.82) is 0 Å². The van der Waals surface area contributed by atoms with Crippen LogP contribution in [0.2, 0.25) is 0 Å². The minimum Gasteiger partial charge on any atom is -0.461 e. The Morgan fingerprint density at radius 1 is 1.08 bits per heavy atom. The number of rotatable bonds is 5. The molecule has 0 aliphatic heterocycles. The number of carbonyl (C=O) groups is 2. The highest BCUT2D eigenvalue weighted by atomic mass is 16.5. The second kappa shape index (κ2) is 6.53. The molecule has 0 fully saturated rings. The van der Waals surface area contributed by atoms with Gasteiger partial charge in [0.05, 0.1) is 13.2 Å². The zero-order valence-electron chi connectivity index (χ0n) is 13.2. The van der Waals surface area contributed by atoms with E-state index in [1.807, 2.05) is 0 Å². The van der Waals surface area contributed by atoms with Crippen molar-refractivity contribution in [3.05, 3.63) is 35.7 Å². The molecule has 0 bridgehead atoms. The predicted octanol–water partition coefficient (Wildman–Crippen LogP) is 2.57. The molecule has 0 aliphatic carbocycles. The van der Waals surface area contributed by atoms with Crippen molar-refractivity contribution in [2.45, 2.75) is 13.8 Å². The zero-order chi connectivity index (χ0) is 17.1. The number of ether oxygens (including phenoxy) is 2. The van der Waals surface area contributed by atoms with Gasteiger partial charge in [-0.05, 0) is 38.1 Å². The second-order valence-corrected chi connectivity index (χ2v) is 4.83. The van der Waals surface area contributed by atoms with Crippen molar-refractivity contribution in [1.82, 2.24) is 15.4 Å². The second-order valence-electron chi connectivity index (χ2n) is 4.83. The Morgan fingerprint density at radius 2 is 1.83 bits per heavy atom. The van der Waals surface area contributed by atoms with E-state index in [1.165, 1.54) is 0 Å². The summed E-state index contributed by atoms with van der Waals surface area (Å²) in [5.41, 5.74) is 1.65. The first-order chi connectivity index (χ1) is 11.6. The lowest BCUT2D eigenvalue weighted by atomic mass is 10.1. The van der Waals surface area contributed by atoms with E-state index in [4.69, 9.17) is 13.9 Å². The number of aromatic amines is 1. The fourth-order valence-electron chi connectivity index (χ4n) is 2.27. The number of furan rings is 1. The standard InChI is InChI=1S/C16H15N3O5/c1-3-22-15(20)12-8-10-7-9(5-6-11(10)24-12)13-14(18-19-17-13)16(21)23-4-2/h5-8H,3-4H2,1-2H3,(H,17,18,19). The van der Waals surface area contributed by atoms with E-state index in [-0.39, 0.29) is 24.7 Å². The first-order valence-corrected chi connectivity index (χ1v) is 7.43. The number of hydrogen-bond donors (Lipinski definition) is 1. The molecule has 2 heterocycles. The highest BCUT2D eigenvalue weighted by Gasteiger charge is 2.20. The van der Waals surface area contributed by atoms with Crippen molar-refractivity contribution in [2.75, 3.05) is 13.2 Å². The highest BCUT2D eigenvalue weighted by molar-refractivity contribution is 5.97. The number of fused-ring (bicyclic) bond motifs is 1. The Morgan fingerprint density at radius 3 is 2.58 bits per heavy atom. The third kappa shape index (κ3) is 2.85. The molecule has 124 valence electrons. The molecule has 0 radical (unpaired) electrons. The summed E-state index contributed by atoms with van der Waals surface area (Å²) in [5, 5.41) is 11.0. The largest absolute Gasteiger partial charge is 0.461 e. The molecule has 3 aromatic rings. The summed E-state index contributed by atoms with van der Waals surface area (Å²) in [6, 6.07) is 6.75. The van der Waals surface area contributed by atoms with E-state index in [0.717, 1.165) is 0 Å². The van der Waals surface area contributed by atoms with Gasteiger partial charge in [-0.2, -0.15) is 10.3 Å². The van der Waals surface area contributed by atoms with Crippen molar-refractivity contribution in [2.24, 2.45) is 0 Å². The minimum atomic E-state index is -0.555. The van der Waals surface area contributed by atoms with Crippen molar-refractivity contribution >= 4 is 22.9 Å². The average Bonchev–Trinajstić information content (AvgIpc) is 3.21. The van der Waals surface area contributed by atoms with Gasteiger partial charge in [-0.15, -0.1) is 5.10 Å². The molecule has 24 heavy (non-hydrogen) atoms. The maximum Gasteiger partial charge on any atom is 0.374 e. The Balaban J connectivity index is 1.98. The van der Waals surface area contributed by atoms with Gasteiger partial charge < -0.3 is 13.9 Å². The summed E-state index contributed by atoms with van der Waals surface area (Å²) in [6.07, 6.45) is 0. The van der Waals surface area contributed by atoms with Crippen LogP contribution in [0.15, 0.2) is 28.7 Å². The molecule has 8 heteroatoms. The Hall–Kier alpha value is -3.16. The summed E-state index contributed by atoms with van der Waals surface area (Å²) >= 11 is 0. The lowest BCUT2D eigenvalue weighted by molar-refractivity contribution is 0.0490. The molecule has 2 aromatic heterocycles. The van der Waals surface area contributed by atoms with Gasteiger partial charge in [0.25, 0.3) is 0 Å². The van der Waals surface area contributed by atoms with Crippen LogP contribution in [-0.4, -0.2) is 40.6 Å². The van der Waals surface area contributed by atoms with E-state index in [2.05, 4.69) is 15.4 Å². The fraction of sp³-hybridized carbons (Fsp3) is 0.250. The fourth-order valence-corrected chi connectivity index (χ4v) is 2.27. The molecular formula is C16H15N3O5. The SMILES string of the molecule is CCOC(=O)c1cc2cc(-c3n[nH]nc3C(=O)OCC)ccc2o1. The van der Waals surface area contributed by atoms with E-state index >= 15 is 0 Å². The first-order valence-electron chi connectivity index (χ1n) is 7.43. The summed E-state index contributed by atoms with van der Waals surface area (Å²) < 4.78 is 15.3. The number of H-pyrrole nitrogens is 1. The normalized spacial score (nSPS) is 10.8. The lowest BCUT2D eigenvalue weighted by Crippen LogP contribution is -2.06. The van der Waals surface area contributed by atoms with Crippen LogP contribution in [0.4, 0.5) is 0 Å². The number of esters is 2. The van der Waals surface area contributed by atoms with Gasteiger partial charge in [0, 0.05) is 10.9 Å². The maximum absolute atomic E-state index is 11.9. The highest BCUT2D eigenvalue weighted by Crippen LogP contribution is 2.27. The topological polar surface area (TPSA) is 107 Å². The Bertz CT molecular complexity index is 896. The summed E-state index contributed by atoms with van der Waals surface area (Å²) in [7, 11) is 0. The number of benzene rings is 1. The molecule has 1 aromatic carbocycles. The monoisotopic (exact) mass is 329 g/mol. The lowest BCUT2D eigenvalue weighted by Gasteiger charge is -2.01. The van der Waals surface area contributed by atoms with Gasteiger partial charge in [0.1, 0.15) is 11.3 Å². The number of nitrogens with zero attached hydrogens (tertiary/aromatic N) is 2. The van der Waals surface area contributed by atoms with Crippen LogP contribution in [-0.2, 0) is 9.47 Å². The molecule has 0 saturated heterocycles. The van der Waals surface area contributed by atoms with Crippen molar-refractivity contribution in [3.8, 4) is 11.3 Å². The number of hydrogen-bond acceptors (Lipinski definition) is 7.